The molecule has 3 rings (SSSR count). The van der Waals surface area contributed by atoms with E-state index in [-0.39, 0.29) is 5.69 Å². The van der Waals surface area contributed by atoms with Crippen molar-refractivity contribution in [2.45, 2.75) is 6.92 Å². The molecule has 2 heterocycles. The van der Waals surface area contributed by atoms with Crippen LogP contribution in [0.4, 0.5) is 23.0 Å². The van der Waals surface area contributed by atoms with Crippen molar-refractivity contribution < 1.29 is 4.92 Å². The number of nitro benzene ring substituents is 1. The minimum atomic E-state index is -0.454. The predicted octanol–water partition coefficient (Wildman–Crippen LogP) is 2.98. The number of non-ortho nitro benzene ring substituents is 1. The van der Waals surface area contributed by atoms with Crippen LogP contribution in [0.2, 0.25) is 0 Å². The maximum Gasteiger partial charge on any atom is 0.271 e. The van der Waals surface area contributed by atoms with Crippen molar-refractivity contribution in [3.8, 4) is 0 Å². The van der Waals surface area contributed by atoms with Gasteiger partial charge in [0, 0.05) is 24.4 Å². The molecular formula is C16H15N7O2S. The van der Waals surface area contributed by atoms with Crippen molar-refractivity contribution in [2.75, 3.05) is 17.2 Å². The lowest BCUT2D eigenvalue weighted by molar-refractivity contribution is -0.384. The van der Waals surface area contributed by atoms with Crippen LogP contribution in [-0.2, 0) is 0 Å². The molecule has 0 saturated heterocycles. The molecule has 3 N–H and O–H groups in total. The average molecular weight is 369 g/mol. The Morgan fingerprint density at radius 3 is 2.81 bits per heavy atom. The van der Waals surface area contributed by atoms with Crippen LogP contribution in [0.1, 0.15) is 6.92 Å². The molecule has 0 fully saturated rings. The second-order valence-electron chi connectivity index (χ2n) is 5.21. The highest BCUT2D eigenvalue weighted by Crippen LogP contribution is 2.21. The van der Waals surface area contributed by atoms with E-state index in [1.807, 2.05) is 6.92 Å². The van der Waals surface area contributed by atoms with Crippen molar-refractivity contribution in [1.82, 2.24) is 20.3 Å². The summed E-state index contributed by atoms with van der Waals surface area (Å²) in [6.07, 6.45) is 1.54. The number of hydrogen-bond acceptors (Lipinski definition) is 7. The molecular weight excluding hydrogens is 354 g/mol. The number of nitrogens with one attached hydrogen (secondary N) is 3. The highest BCUT2D eigenvalue weighted by Gasteiger charge is 2.08. The van der Waals surface area contributed by atoms with Gasteiger partial charge < -0.3 is 16.0 Å². The van der Waals surface area contributed by atoms with Gasteiger partial charge in [-0.3, -0.25) is 10.1 Å². The van der Waals surface area contributed by atoms with Crippen LogP contribution in [0.5, 0.6) is 0 Å². The molecule has 0 atom stereocenters. The fourth-order valence-corrected chi connectivity index (χ4v) is 2.44. The summed E-state index contributed by atoms with van der Waals surface area (Å²) in [5.41, 5.74) is 1.57. The minimum Gasteiger partial charge on any atom is -0.363 e. The van der Waals surface area contributed by atoms with Crippen molar-refractivity contribution in [3.63, 3.8) is 0 Å². The lowest BCUT2D eigenvalue weighted by Crippen LogP contribution is -2.28. The molecule has 0 aliphatic rings. The first-order valence-corrected chi connectivity index (χ1v) is 8.16. The number of pyridine rings is 1. The largest absolute Gasteiger partial charge is 0.363 e. The molecule has 132 valence electrons. The summed E-state index contributed by atoms with van der Waals surface area (Å²) in [6.45, 7) is 2.65. The van der Waals surface area contributed by atoms with Crippen LogP contribution in [0, 0.1) is 10.1 Å². The Labute approximate surface area is 154 Å². The van der Waals surface area contributed by atoms with Crippen molar-refractivity contribution in [1.29, 1.82) is 0 Å². The van der Waals surface area contributed by atoms with Crippen LogP contribution in [0.25, 0.3) is 11.2 Å². The summed E-state index contributed by atoms with van der Waals surface area (Å²) in [6, 6.07) is 9.68. The number of nitro groups is 1. The molecule has 9 nitrogen and oxygen atoms in total. The smallest absolute Gasteiger partial charge is 0.271 e. The summed E-state index contributed by atoms with van der Waals surface area (Å²) in [5.74, 6) is 0.974. The van der Waals surface area contributed by atoms with Gasteiger partial charge in [-0.05, 0) is 37.3 Å². The van der Waals surface area contributed by atoms with Crippen LogP contribution < -0.4 is 16.0 Å². The number of anilines is 3. The van der Waals surface area contributed by atoms with E-state index in [0.29, 0.717) is 40.1 Å². The summed E-state index contributed by atoms with van der Waals surface area (Å²) in [5, 5.41) is 20.3. The van der Waals surface area contributed by atoms with Gasteiger partial charge in [0.2, 0.25) is 0 Å². The van der Waals surface area contributed by atoms with Gasteiger partial charge in [0.05, 0.1) is 11.1 Å². The maximum absolute atomic E-state index is 10.9. The lowest BCUT2D eigenvalue weighted by Gasteiger charge is -2.09. The maximum atomic E-state index is 10.9. The molecule has 3 aromatic rings. The Balaban J connectivity index is 1.84. The first-order valence-electron chi connectivity index (χ1n) is 7.75. The Kier molecular flexibility index (Phi) is 5.13. The Hall–Kier alpha value is -3.40. The SMILES string of the molecule is CCNC(=S)Nc1ccc2ncc(Nc3cccc([N+](=O)[O-])c3)nc2n1. The molecule has 0 bridgehead atoms. The van der Waals surface area contributed by atoms with E-state index in [1.165, 1.54) is 12.1 Å². The summed E-state index contributed by atoms with van der Waals surface area (Å²) < 4.78 is 0. The van der Waals surface area contributed by atoms with E-state index >= 15 is 0 Å². The fraction of sp³-hybridized carbons (Fsp3) is 0.125. The fourth-order valence-electron chi connectivity index (χ4n) is 2.19. The number of aromatic nitrogens is 3. The first kappa shape index (κ1) is 17.4. The zero-order valence-electron chi connectivity index (χ0n) is 13.8. The normalized spacial score (nSPS) is 10.3. The van der Waals surface area contributed by atoms with Gasteiger partial charge in [-0.2, -0.15) is 0 Å². The number of fused-ring (bicyclic) bond motifs is 1. The van der Waals surface area contributed by atoms with Crippen molar-refractivity contribution >= 4 is 51.5 Å². The van der Waals surface area contributed by atoms with Gasteiger partial charge in [0.1, 0.15) is 11.3 Å². The molecule has 0 radical (unpaired) electrons. The third kappa shape index (κ3) is 4.16. The average Bonchev–Trinajstić information content (AvgIpc) is 2.62. The summed E-state index contributed by atoms with van der Waals surface area (Å²) in [7, 11) is 0. The van der Waals surface area contributed by atoms with Gasteiger partial charge in [-0.15, -0.1) is 0 Å². The molecule has 0 aliphatic heterocycles. The lowest BCUT2D eigenvalue weighted by atomic mass is 10.3. The Bertz CT molecular complexity index is 980. The summed E-state index contributed by atoms with van der Waals surface area (Å²) >= 11 is 5.14. The van der Waals surface area contributed by atoms with E-state index in [9.17, 15) is 10.1 Å². The third-order valence-corrected chi connectivity index (χ3v) is 3.56. The van der Waals surface area contributed by atoms with Crippen molar-refractivity contribution in [2.24, 2.45) is 0 Å². The quantitative estimate of drug-likeness (QED) is 0.354. The third-order valence-electron chi connectivity index (χ3n) is 3.32. The molecule has 0 saturated carbocycles. The summed E-state index contributed by atoms with van der Waals surface area (Å²) in [4.78, 5) is 23.5. The van der Waals surface area contributed by atoms with Crippen LogP contribution >= 0.6 is 12.2 Å². The molecule has 0 unspecified atom stereocenters. The highest BCUT2D eigenvalue weighted by atomic mass is 32.1. The zero-order chi connectivity index (χ0) is 18.5. The second-order valence-corrected chi connectivity index (χ2v) is 5.62. The molecule has 1 aromatic carbocycles. The van der Waals surface area contributed by atoms with E-state index in [4.69, 9.17) is 12.2 Å². The van der Waals surface area contributed by atoms with Gasteiger partial charge in [-0.25, -0.2) is 15.0 Å². The topological polar surface area (TPSA) is 118 Å². The standard InChI is InChI=1S/C16H15N7O2S/c1-2-17-16(26)22-13-7-6-12-15(20-13)21-14(9-18-12)19-10-4-3-5-11(8-10)23(24)25/h3-9H,2H2,1H3,(H3,17,19,20,21,22,26). The van der Waals surface area contributed by atoms with Crippen LogP contribution in [-0.4, -0.2) is 31.5 Å². The molecule has 10 heteroatoms. The molecule has 0 aliphatic carbocycles. The predicted molar refractivity (Wildman–Crippen MR) is 104 cm³/mol. The molecule has 26 heavy (non-hydrogen) atoms. The zero-order valence-corrected chi connectivity index (χ0v) is 14.6. The Morgan fingerprint density at radius 2 is 2.04 bits per heavy atom. The second kappa shape index (κ2) is 7.66. The monoisotopic (exact) mass is 369 g/mol. The molecule has 0 spiro atoms. The molecule has 0 amide bonds. The highest BCUT2D eigenvalue weighted by molar-refractivity contribution is 7.80. The van der Waals surface area contributed by atoms with Gasteiger partial charge in [0.25, 0.3) is 5.69 Å². The van der Waals surface area contributed by atoms with Crippen LogP contribution in [0.15, 0.2) is 42.6 Å². The Morgan fingerprint density at radius 1 is 1.23 bits per heavy atom. The van der Waals surface area contributed by atoms with Gasteiger partial charge in [-0.1, -0.05) is 6.07 Å². The molecule has 2 aromatic heterocycles. The first-order chi connectivity index (χ1) is 12.5. The minimum absolute atomic E-state index is 0.00899. The van der Waals surface area contributed by atoms with Crippen LogP contribution in [0.3, 0.4) is 0 Å². The van der Waals surface area contributed by atoms with E-state index < -0.39 is 4.92 Å². The van der Waals surface area contributed by atoms with Crippen molar-refractivity contribution in [3.05, 3.63) is 52.7 Å². The van der Waals surface area contributed by atoms with Gasteiger partial charge >= 0.3 is 0 Å². The van der Waals surface area contributed by atoms with E-state index in [1.54, 1.807) is 30.5 Å². The number of thiocarbonyl (C=S) groups is 1. The van der Waals surface area contributed by atoms with E-state index in [2.05, 4.69) is 30.9 Å². The van der Waals surface area contributed by atoms with E-state index in [0.717, 1.165) is 0 Å². The van der Waals surface area contributed by atoms with Gasteiger partial charge in [0.15, 0.2) is 16.6 Å². The number of hydrogen-bond donors (Lipinski definition) is 3. The number of nitrogens with zero attached hydrogens (tertiary/aromatic N) is 4. The number of benzene rings is 1. The number of rotatable bonds is 5.